The van der Waals surface area contributed by atoms with Crippen molar-refractivity contribution >= 4 is 0 Å². The third-order valence-corrected chi connectivity index (χ3v) is 4.08. The van der Waals surface area contributed by atoms with Gasteiger partial charge in [-0.25, -0.2) is 0 Å². The normalized spacial score (nSPS) is 15.7. The highest BCUT2D eigenvalue weighted by molar-refractivity contribution is 5.26. The molecule has 2 heteroatoms. The van der Waals surface area contributed by atoms with Crippen LogP contribution in [-0.4, -0.2) is 24.0 Å². The fourth-order valence-electron chi connectivity index (χ4n) is 3.00. The maximum absolute atomic E-state index is 6.91. The highest BCUT2D eigenvalue weighted by Gasteiger charge is 2.37. The molecule has 0 saturated carbocycles. The molecule has 0 amide bonds. The zero-order valence-corrected chi connectivity index (χ0v) is 13.8. The first-order valence-electron chi connectivity index (χ1n) is 7.76. The zero-order chi connectivity index (χ0) is 15.9. The average molecular weight is 286 g/mol. The van der Waals surface area contributed by atoms with Crippen molar-refractivity contribution in [1.29, 1.82) is 0 Å². The Hall–Kier alpha value is -1.38. The van der Waals surface area contributed by atoms with Crippen molar-refractivity contribution in [2.75, 3.05) is 13.1 Å². The van der Waals surface area contributed by atoms with Crippen LogP contribution in [0.15, 0.2) is 55.6 Å². The molecule has 0 aliphatic carbocycles. The molecule has 0 heterocycles. The molecule has 0 fully saturated rings. The quantitative estimate of drug-likeness (QED) is 0.696. The average Bonchev–Trinajstić information content (AvgIpc) is 2.46. The van der Waals surface area contributed by atoms with Crippen LogP contribution < -0.4 is 5.73 Å². The summed E-state index contributed by atoms with van der Waals surface area (Å²) in [6, 6.07) is 10.6. The first kappa shape index (κ1) is 17.7. The van der Waals surface area contributed by atoms with Crippen LogP contribution in [0.25, 0.3) is 0 Å². The van der Waals surface area contributed by atoms with E-state index in [1.165, 1.54) is 5.56 Å². The van der Waals surface area contributed by atoms with Gasteiger partial charge < -0.3 is 5.73 Å². The lowest BCUT2D eigenvalue weighted by Gasteiger charge is -2.43. The third kappa shape index (κ3) is 4.55. The maximum atomic E-state index is 6.91. The van der Waals surface area contributed by atoms with Gasteiger partial charge in [-0.1, -0.05) is 56.3 Å². The van der Waals surface area contributed by atoms with Crippen molar-refractivity contribution < 1.29 is 0 Å². The van der Waals surface area contributed by atoms with Crippen molar-refractivity contribution in [2.24, 2.45) is 11.7 Å². The van der Waals surface area contributed by atoms with Gasteiger partial charge in [0.2, 0.25) is 0 Å². The molecular formula is C19H30N2. The van der Waals surface area contributed by atoms with Crippen LogP contribution in [-0.2, 0) is 5.54 Å². The summed E-state index contributed by atoms with van der Waals surface area (Å²) in [6.45, 7) is 16.0. The van der Waals surface area contributed by atoms with Crippen molar-refractivity contribution in [3.63, 3.8) is 0 Å². The van der Waals surface area contributed by atoms with E-state index in [-0.39, 0.29) is 11.6 Å². The van der Waals surface area contributed by atoms with Crippen LogP contribution in [0.5, 0.6) is 0 Å². The SMILES string of the molecule is C=CCN(CC=C)C(C)C(N)(CC(C)C)c1ccccc1. The van der Waals surface area contributed by atoms with Crippen molar-refractivity contribution in [3.05, 3.63) is 61.2 Å². The predicted octanol–water partition coefficient (Wildman–Crippen LogP) is 3.95. The number of nitrogens with two attached hydrogens (primary N) is 1. The summed E-state index contributed by atoms with van der Waals surface area (Å²) in [6.07, 6.45) is 4.81. The van der Waals surface area contributed by atoms with Gasteiger partial charge in [-0.3, -0.25) is 4.90 Å². The Morgan fingerprint density at radius 3 is 2.05 bits per heavy atom. The summed E-state index contributed by atoms with van der Waals surface area (Å²) >= 11 is 0. The van der Waals surface area contributed by atoms with Crippen LogP contribution in [0.3, 0.4) is 0 Å². The minimum Gasteiger partial charge on any atom is -0.320 e. The Morgan fingerprint density at radius 1 is 1.10 bits per heavy atom. The zero-order valence-electron chi connectivity index (χ0n) is 13.8. The number of hydrogen-bond donors (Lipinski definition) is 1. The first-order valence-corrected chi connectivity index (χ1v) is 7.76. The number of hydrogen-bond acceptors (Lipinski definition) is 2. The Labute approximate surface area is 130 Å². The Kier molecular flexibility index (Phi) is 6.86. The van der Waals surface area contributed by atoms with Crippen LogP contribution in [0, 0.1) is 5.92 Å². The molecule has 2 nitrogen and oxygen atoms in total. The molecule has 0 aliphatic rings. The van der Waals surface area contributed by atoms with Gasteiger partial charge in [-0.05, 0) is 24.8 Å². The van der Waals surface area contributed by atoms with Gasteiger partial charge in [-0.2, -0.15) is 0 Å². The molecule has 2 N–H and O–H groups in total. The van der Waals surface area contributed by atoms with E-state index in [0.717, 1.165) is 19.5 Å². The molecule has 2 atom stereocenters. The molecule has 21 heavy (non-hydrogen) atoms. The molecule has 0 aromatic heterocycles. The highest BCUT2D eigenvalue weighted by atomic mass is 15.2. The molecule has 1 aromatic rings. The Bertz CT molecular complexity index is 428. The van der Waals surface area contributed by atoms with E-state index in [1.54, 1.807) is 0 Å². The van der Waals surface area contributed by atoms with E-state index in [9.17, 15) is 0 Å². The summed E-state index contributed by atoms with van der Waals surface area (Å²) in [7, 11) is 0. The fourth-order valence-corrected chi connectivity index (χ4v) is 3.00. The molecule has 0 aliphatic heterocycles. The predicted molar refractivity (Wildman–Crippen MR) is 93.2 cm³/mol. The van der Waals surface area contributed by atoms with E-state index in [4.69, 9.17) is 5.73 Å². The van der Waals surface area contributed by atoms with E-state index >= 15 is 0 Å². The van der Waals surface area contributed by atoms with Crippen molar-refractivity contribution in [3.8, 4) is 0 Å². The minimum atomic E-state index is -0.374. The topological polar surface area (TPSA) is 29.3 Å². The first-order chi connectivity index (χ1) is 9.95. The van der Waals surface area contributed by atoms with E-state index < -0.39 is 0 Å². The van der Waals surface area contributed by atoms with Crippen molar-refractivity contribution in [2.45, 2.75) is 38.8 Å². The lowest BCUT2D eigenvalue weighted by Crippen LogP contribution is -2.55. The van der Waals surface area contributed by atoms with Gasteiger partial charge in [0.25, 0.3) is 0 Å². The van der Waals surface area contributed by atoms with Crippen LogP contribution in [0.4, 0.5) is 0 Å². The smallest absolute Gasteiger partial charge is 0.0567 e. The Balaban J connectivity index is 3.16. The molecule has 116 valence electrons. The lowest BCUT2D eigenvalue weighted by atomic mass is 9.77. The standard InChI is InChI=1S/C19H30N2/c1-6-13-21(14-7-2)17(5)19(20,15-16(3)4)18-11-9-8-10-12-18/h6-12,16-17H,1-2,13-15,20H2,3-5H3. The highest BCUT2D eigenvalue weighted by Crippen LogP contribution is 2.32. The van der Waals surface area contributed by atoms with Gasteiger partial charge in [0.1, 0.15) is 0 Å². The third-order valence-electron chi connectivity index (χ3n) is 4.08. The van der Waals surface area contributed by atoms with E-state index in [0.29, 0.717) is 5.92 Å². The monoisotopic (exact) mass is 286 g/mol. The largest absolute Gasteiger partial charge is 0.320 e. The summed E-state index contributed by atoms with van der Waals surface area (Å²) in [4.78, 5) is 2.33. The van der Waals surface area contributed by atoms with Gasteiger partial charge in [0.15, 0.2) is 0 Å². The molecule has 1 rings (SSSR count). The van der Waals surface area contributed by atoms with Crippen LogP contribution >= 0.6 is 0 Å². The van der Waals surface area contributed by atoms with E-state index in [1.807, 2.05) is 18.2 Å². The molecule has 0 saturated heterocycles. The molecule has 2 unspecified atom stereocenters. The second-order valence-corrected chi connectivity index (χ2v) is 6.21. The summed E-state index contributed by atoms with van der Waals surface area (Å²) in [5, 5.41) is 0. The van der Waals surface area contributed by atoms with Crippen LogP contribution in [0.2, 0.25) is 0 Å². The van der Waals surface area contributed by atoms with Gasteiger partial charge in [0.05, 0.1) is 5.54 Å². The van der Waals surface area contributed by atoms with Gasteiger partial charge in [-0.15, -0.1) is 13.2 Å². The molecule has 1 aromatic carbocycles. The summed E-state index contributed by atoms with van der Waals surface area (Å²) in [5.74, 6) is 0.534. The molecule has 0 bridgehead atoms. The number of rotatable bonds is 9. The molecule has 0 spiro atoms. The second-order valence-electron chi connectivity index (χ2n) is 6.21. The summed E-state index contributed by atoms with van der Waals surface area (Å²) in [5.41, 5.74) is 7.74. The summed E-state index contributed by atoms with van der Waals surface area (Å²) < 4.78 is 0. The van der Waals surface area contributed by atoms with E-state index in [2.05, 4.69) is 63.1 Å². The van der Waals surface area contributed by atoms with Crippen LogP contribution in [0.1, 0.15) is 32.8 Å². The second kappa shape index (κ2) is 8.16. The number of benzene rings is 1. The van der Waals surface area contributed by atoms with Gasteiger partial charge >= 0.3 is 0 Å². The minimum absolute atomic E-state index is 0.207. The van der Waals surface area contributed by atoms with Gasteiger partial charge in [0, 0.05) is 19.1 Å². The Morgan fingerprint density at radius 2 is 1.62 bits per heavy atom. The number of nitrogens with zero attached hydrogens (tertiary/aromatic N) is 1. The fraction of sp³-hybridized carbons (Fsp3) is 0.474. The van der Waals surface area contributed by atoms with Crippen molar-refractivity contribution in [1.82, 2.24) is 4.90 Å². The molecular weight excluding hydrogens is 256 g/mol. The maximum Gasteiger partial charge on any atom is 0.0567 e. The lowest BCUT2D eigenvalue weighted by molar-refractivity contribution is 0.139. The molecule has 0 radical (unpaired) electrons.